The fraction of sp³-hybridized carbons (Fsp3) is 0.188. The maximum atomic E-state index is 14.0. The van der Waals surface area contributed by atoms with Crippen molar-refractivity contribution in [2.24, 2.45) is 0 Å². The van der Waals surface area contributed by atoms with Gasteiger partial charge in [0, 0.05) is 22.3 Å². The van der Waals surface area contributed by atoms with Crippen molar-refractivity contribution >= 4 is 11.7 Å². The van der Waals surface area contributed by atoms with Gasteiger partial charge in [0.25, 0.3) is 11.7 Å². The molecule has 2 unspecified atom stereocenters. The standard InChI is InChI=1S/C32H27NO5/c1-20(2)23-14-17-27-28(18-23)38-32(36)26-11-7-6-10-25(26)29(34)31(27,32)33-30(35)22-12-15-24(16-13-22)37-19-21-8-4-3-5-9-21/h3-18,20,36H,19H2,1-2H3,(H,33,35). The molecule has 0 fully saturated rings. The summed E-state index contributed by atoms with van der Waals surface area (Å²) in [7, 11) is 0. The molecule has 1 amide bonds. The van der Waals surface area contributed by atoms with Crippen molar-refractivity contribution in [3.8, 4) is 11.5 Å². The van der Waals surface area contributed by atoms with Gasteiger partial charge in [0.1, 0.15) is 18.1 Å². The number of nitrogens with one attached hydrogen (secondary N) is 1. The Morgan fingerprint density at radius 1 is 0.921 bits per heavy atom. The number of hydrogen-bond acceptors (Lipinski definition) is 5. The predicted octanol–water partition coefficient (Wildman–Crippen LogP) is 5.45. The van der Waals surface area contributed by atoms with Gasteiger partial charge in [-0.1, -0.05) is 80.6 Å². The molecule has 4 aromatic rings. The van der Waals surface area contributed by atoms with Crippen LogP contribution in [0.25, 0.3) is 0 Å². The van der Waals surface area contributed by atoms with E-state index in [9.17, 15) is 14.7 Å². The van der Waals surface area contributed by atoms with Crippen molar-refractivity contribution in [1.29, 1.82) is 0 Å². The van der Waals surface area contributed by atoms with E-state index in [1.807, 2.05) is 42.5 Å². The molecule has 1 aliphatic heterocycles. The highest BCUT2D eigenvalue weighted by Gasteiger charge is 2.71. The summed E-state index contributed by atoms with van der Waals surface area (Å²) >= 11 is 0. The Labute approximate surface area is 220 Å². The first-order valence-corrected chi connectivity index (χ1v) is 12.6. The molecule has 0 aromatic heterocycles. The minimum absolute atomic E-state index is 0.218. The van der Waals surface area contributed by atoms with Crippen LogP contribution in [-0.2, 0) is 17.9 Å². The van der Waals surface area contributed by atoms with Gasteiger partial charge in [-0.3, -0.25) is 9.59 Å². The van der Waals surface area contributed by atoms with Crippen molar-refractivity contribution in [1.82, 2.24) is 5.32 Å². The molecule has 6 heteroatoms. The molecule has 4 aromatic carbocycles. The Hall–Kier alpha value is -4.42. The molecule has 2 N–H and O–H groups in total. The Bertz CT molecular complexity index is 1550. The number of Topliss-reactive ketones (excluding diaryl/α,β-unsaturated/α-hetero) is 1. The Morgan fingerprint density at radius 3 is 2.37 bits per heavy atom. The molecule has 2 atom stereocenters. The van der Waals surface area contributed by atoms with Gasteiger partial charge in [-0.15, -0.1) is 0 Å². The topological polar surface area (TPSA) is 84.9 Å². The molecule has 38 heavy (non-hydrogen) atoms. The van der Waals surface area contributed by atoms with Crippen LogP contribution >= 0.6 is 0 Å². The summed E-state index contributed by atoms with van der Waals surface area (Å²) in [5.41, 5.74) is 1.62. The molecule has 6 rings (SSSR count). The number of carbonyl (C=O) groups excluding carboxylic acids is 2. The summed E-state index contributed by atoms with van der Waals surface area (Å²) in [5, 5.41) is 14.9. The maximum Gasteiger partial charge on any atom is 0.271 e. The molecule has 0 spiro atoms. The van der Waals surface area contributed by atoms with Gasteiger partial charge >= 0.3 is 0 Å². The zero-order valence-corrected chi connectivity index (χ0v) is 21.1. The lowest BCUT2D eigenvalue weighted by Gasteiger charge is -2.34. The van der Waals surface area contributed by atoms with E-state index in [-0.39, 0.29) is 5.92 Å². The number of benzene rings is 4. The average Bonchev–Trinajstić information content (AvgIpc) is 3.29. The van der Waals surface area contributed by atoms with Crippen molar-refractivity contribution < 1.29 is 24.2 Å². The smallest absolute Gasteiger partial charge is 0.271 e. The third kappa shape index (κ3) is 3.52. The first-order valence-electron chi connectivity index (χ1n) is 12.6. The largest absolute Gasteiger partial charge is 0.489 e. The minimum atomic E-state index is -2.08. The number of aliphatic hydroxyl groups is 1. The summed E-state index contributed by atoms with van der Waals surface area (Å²) in [6, 6.07) is 28.8. The Kier molecular flexibility index (Phi) is 5.58. The second kappa shape index (κ2) is 8.85. The van der Waals surface area contributed by atoms with E-state index in [0.717, 1.165) is 11.1 Å². The molecule has 190 valence electrons. The number of carbonyl (C=O) groups is 2. The van der Waals surface area contributed by atoms with Crippen LogP contribution in [0.4, 0.5) is 0 Å². The van der Waals surface area contributed by atoms with Crippen LogP contribution < -0.4 is 14.8 Å². The van der Waals surface area contributed by atoms with E-state index >= 15 is 0 Å². The molecule has 0 saturated carbocycles. The normalized spacial score (nSPS) is 20.9. The number of fused-ring (bicyclic) bond motifs is 5. The SMILES string of the molecule is CC(C)c1ccc2c(c1)OC1(O)c3ccccc3C(=O)C21NC(=O)c1ccc(OCc2ccccc2)cc1. The van der Waals surface area contributed by atoms with Gasteiger partial charge in [-0.2, -0.15) is 0 Å². The van der Waals surface area contributed by atoms with Gasteiger partial charge in [-0.05, 0) is 47.4 Å². The van der Waals surface area contributed by atoms with Crippen LogP contribution in [0, 0.1) is 0 Å². The number of amides is 1. The molecule has 0 saturated heterocycles. The molecule has 2 aliphatic rings. The fourth-order valence-electron chi connectivity index (χ4n) is 5.32. The van der Waals surface area contributed by atoms with E-state index in [0.29, 0.717) is 40.4 Å². The molecule has 0 radical (unpaired) electrons. The summed E-state index contributed by atoms with van der Waals surface area (Å²) < 4.78 is 12.0. The summed E-state index contributed by atoms with van der Waals surface area (Å²) in [5.74, 6) is -1.79. The van der Waals surface area contributed by atoms with Crippen LogP contribution in [0.15, 0.2) is 97.1 Å². The Balaban J connectivity index is 1.33. The van der Waals surface area contributed by atoms with E-state index in [1.165, 1.54) is 0 Å². The average molecular weight is 506 g/mol. The van der Waals surface area contributed by atoms with E-state index in [1.54, 1.807) is 54.6 Å². The molecule has 1 heterocycles. The molecular formula is C32H27NO5. The molecule has 1 aliphatic carbocycles. The maximum absolute atomic E-state index is 14.0. The van der Waals surface area contributed by atoms with E-state index in [2.05, 4.69) is 19.2 Å². The van der Waals surface area contributed by atoms with Crippen molar-refractivity contribution in [2.75, 3.05) is 0 Å². The molecule has 0 bridgehead atoms. The van der Waals surface area contributed by atoms with Gasteiger partial charge in [-0.25, -0.2) is 0 Å². The highest BCUT2D eigenvalue weighted by Crippen LogP contribution is 2.58. The van der Waals surface area contributed by atoms with Crippen LogP contribution in [0.1, 0.15) is 62.7 Å². The van der Waals surface area contributed by atoms with Crippen molar-refractivity contribution in [3.05, 3.63) is 130 Å². The van der Waals surface area contributed by atoms with Crippen LogP contribution in [-0.4, -0.2) is 16.8 Å². The zero-order chi connectivity index (χ0) is 26.5. The van der Waals surface area contributed by atoms with Gasteiger partial charge in [0.2, 0.25) is 11.3 Å². The number of rotatable bonds is 6. The third-order valence-electron chi connectivity index (χ3n) is 7.39. The highest BCUT2D eigenvalue weighted by atomic mass is 16.6. The van der Waals surface area contributed by atoms with Crippen LogP contribution in [0.2, 0.25) is 0 Å². The van der Waals surface area contributed by atoms with Gasteiger partial charge in [0.05, 0.1) is 0 Å². The molecular weight excluding hydrogens is 478 g/mol. The minimum Gasteiger partial charge on any atom is -0.489 e. The second-order valence-electron chi connectivity index (χ2n) is 10.0. The van der Waals surface area contributed by atoms with Gasteiger partial charge in [0.15, 0.2) is 0 Å². The first kappa shape index (κ1) is 23.9. The summed E-state index contributed by atoms with van der Waals surface area (Å²) in [6.07, 6.45) is 0. The Morgan fingerprint density at radius 2 is 1.63 bits per heavy atom. The summed E-state index contributed by atoms with van der Waals surface area (Å²) in [6.45, 7) is 4.51. The lowest BCUT2D eigenvalue weighted by atomic mass is 9.82. The van der Waals surface area contributed by atoms with Crippen LogP contribution in [0.3, 0.4) is 0 Å². The zero-order valence-electron chi connectivity index (χ0n) is 21.1. The number of ketones is 1. The number of ether oxygens (including phenoxy) is 2. The predicted molar refractivity (Wildman–Crippen MR) is 142 cm³/mol. The van der Waals surface area contributed by atoms with Crippen molar-refractivity contribution in [3.63, 3.8) is 0 Å². The van der Waals surface area contributed by atoms with E-state index < -0.39 is 23.0 Å². The number of hydrogen-bond donors (Lipinski definition) is 2. The quantitative estimate of drug-likeness (QED) is 0.364. The highest BCUT2D eigenvalue weighted by molar-refractivity contribution is 6.13. The summed E-state index contributed by atoms with van der Waals surface area (Å²) in [4.78, 5) is 27.5. The van der Waals surface area contributed by atoms with Crippen LogP contribution in [0.5, 0.6) is 11.5 Å². The third-order valence-corrected chi connectivity index (χ3v) is 7.39. The fourth-order valence-corrected chi connectivity index (χ4v) is 5.32. The lowest BCUT2D eigenvalue weighted by molar-refractivity contribution is -0.169. The van der Waals surface area contributed by atoms with Crippen molar-refractivity contribution in [2.45, 2.75) is 37.7 Å². The monoisotopic (exact) mass is 505 g/mol. The molecule has 6 nitrogen and oxygen atoms in total. The van der Waals surface area contributed by atoms with Gasteiger partial charge < -0.3 is 19.9 Å². The van der Waals surface area contributed by atoms with E-state index in [4.69, 9.17) is 9.47 Å². The second-order valence-corrected chi connectivity index (χ2v) is 10.0. The first-order chi connectivity index (χ1) is 18.3. The lowest BCUT2D eigenvalue weighted by Crippen LogP contribution is -2.60.